The molecular weight excluding hydrogens is 296 g/mol. The molecule has 0 aromatic heterocycles. The topological polar surface area (TPSA) is 129 Å². The summed E-state index contributed by atoms with van der Waals surface area (Å²) in [7, 11) is 0. The summed E-state index contributed by atoms with van der Waals surface area (Å²) in [4.78, 5) is 76.9. The number of benzene rings is 1. The van der Waals surface area contributed by atoms with Crippen LogP contribution >= 0.6 is 0 Å². The zero-order valence-corrected chi connectivity index (χ0v) is 11.2. The predicted molar refractivity (Wildman–Crippen MR) is 67.9 cm³/mol. The molecule has 0 unspecified atom stereocenters. The number of hydrogen-bond acceptors (Lipinski definition) is 8. The van der Waals surface area contributed by atoms with Crippen LogP contribution in [0.5, 0.6) is 5.75 Å². The first-order valence-electron chi connectivity index (χ1n) is 5.73. The molecule has 8 nitrogen and oxygen atoms in total. The van der Waals surface area contributed by atoms with Crippen molar-refractivity contribution in [3.63, 3.8) is 0 Å². The van der Waals surface area contributed by atoms with Gasteiger partial charge in [0.2, 0.25) is 0 Å². The lowest BCUT2D eigenvalue weighted by Gasteiger charge is -2.02. The standard InChI is InChI=1S/C14H8O8/c1-7-2-4-8(5-3-7)22-14(21)13(20)12(19)11(18)10(17)9(16)6-15/h2-6H,1H3. The van der Waals surface area contributed by atoms with Crippen molar-refractivity contribution in [1.29, 1.82) is 0 Å². The fourth-order valence-corrected chi connectivity index (χ4v) is 1.22. The van der Waals surface area contributed by atoms with Crippen LogP contribution in [0.15, 0.2) is 24.3 Å². The van der Waals surface area contributed by atoms with E-state index in [1.54, 1.807) is 19.1 Å². The van der Waals surface area contributed by atoms with Crippen molar-refractivity contribution in [2.75, 3.05) is 0 Å². The summed E-state index contributed by atoms with van der Waals surface area (Å²) in [5, 5.41) is 0. The molecule has 1 aromatic rings. The Morgan fingerprint density at radius 1 is 0.818 bits per heavy atom. The van der Waals surface area contributed by atoms with Gasteiger partial charge in [-0.1, -0.05) is 17.7 Å². The lowest BCUT2D eigenvalue weighted by Crippen LogP contribution is -2.39. The highest BCUT2D eigenvalue weighted by atomic mass is 16.5. The number of carbonyl (C=O) groups is 7. The first-order valence-corrected chi connectivity index (χ1v) is 5.73. The molecule has 0 bridgehead atoms. The molecule has 0 spiro atoms. The Labute approximate surface area is 123 Å². The lowest BCUT2D eigenvalue weighted by atomic mass is 10.1. The fourth-order valence-electron chi connectivity index (χ4n) is 1.22. The lowest BCUT2D eigenvalue weighted by molar-refractivity contribution is -0.156. The average molecular weight is 304 g/mol. The number of Topliss-reactive ketones (excluding diaryl/α,β-unsaturated/α-hetero) is 5. The molecule has 0 N–H and O–H groups in total. The third kappa shape index (κ3) is 3.85. The highest BCUT2D eigenvalue weighted by molar-refractivity contribution is 6.94. The summed E-state index contributed by atoms with van der Waals surface area (Å²) >= 11 is 0. The minimum atomic E-state index is -2.07. The van der Waals surface area contributed by atoms with Crippen molar-refractivity contribution in [3.8, 4) is 5.75 Å². The van der Waals surface area contributed by atoms with Gasteiger partial charge in [-0.05, 0) is 19.1 Å². The van der Waals surface area contributed by atoms with Crippen LogP contribution < -0.4 is 4.74 Å². The van der Waals surface area contributed by atoms with Gasteiger partial charge in [-0.15, -0.1) is 0 Å². The molecule has 0 amide bonds. The Kier molecular flexibility index (Phi) is 5.28. The van der Waals surface area contributed by atoms with Gasteiger partial charge >= 0.3 is 11.8 Å². The van der Waals surface area contributed by atoms with Crippen molar-refractivity contribution < 1.29 is 38.3 Å². The molecule has 112 valence electrons. The van der Waals surface area contributed by atoms with Crippen molar-refractivity contribution in [3.05, 3.63) is 29.8 Å². The van der Waals surface area contributed by atoms with Gasteiger partial charge < -0.3 is 4.74 Å². The monoisotopic (exact) mass is 304 g/mol. The second-order valence-electron chi connectivity index (χ2n) is 4.00. The Balaban J connectivity index is 2.80. The second kappa shape index (κ2) is 6.93. The van der Waals surface area contributed by atoms with Crippen LogP contribution in [0.3, 0.4) is 0 Å². The minimum absolute atomic E-state index is 0.0560. The number of esters is 1. The summed E-state index contributed by atoms with van der Waals surface area (Å²) in [5.41, 5.74) is 0.843. The van der Waals surface area contributed by atoms with Gasteiger partial charge in [0.25, 0.3) is 23.1 Å². The Bertz CT molecular complexity index is 696. The van der Waals surface area contributed by atoms with Gasteiger partial charge in [0, 0.05) is 0 Å². The number of carbonyl (C=O) groups excluding carboxylic acids is 7. The Morgan fingerprint density at radius 2 is 1.32 bits per heavy atom. The quantitative estimate of drug-likeness (QED) is 0.205. The second-order valence-corrected chi connectivity index (χ2v) is 4.00. The van der Waals surface area contributed by atoms with E-state index in [0.717, 1.165) is 5.56 Å². The maximum Gasteiger partial charge on any atom is 0.388 e. The van der Waals surface area contributed by atoms with Gasteiger partial charge in [0.15, 0.2) is 6.29 Å². The van der Waals surface area contributed by atoms with Gasteiger partial charge in [-0.25, -0.2) is 4.79 Å². The van der Waals surface area contributed by atoms with Crippen molar-refractivity contribution in [2.45, 2.75) is 6.92 Å². The number of hydrogen-bond donors (Lipinski definition) is 0. The Morgan fingerprint density at radius 3 is 1.82 bits per heavy atom. The van der Waals surface area contributed by atoms with Crippen LogP contribution in [-0.2, 0) is 33.6 Å². The molecule has 0 aliphatic heterocycles. The molecule has 0 heterocycles. The van der Waals surface area contributed by atoms with E-state index in [-0.39, 0.29) is 5.75 Å². The van der Waals surface area contributed by atoms with Crippen LogP contribution in [0.1, 0.15) is 5.56 Å². The molecule has 0 aliphatic carbocycles. The number of ether oxygens (including phenoxy) is 1. The first-order chi connectivity index (χ1) is 10.3. The molecule has 1 rings (SSSR count). The van der Waals surface area contributed by atoms with E-state index in [0.29, 0.717) is 0 Å². The Hall–Kier alpha value is -3.29. The van der Waals surface area contributed by atoms with Crippen LogP contribution in [0.25, 0.3) is 0 Å². The summed E-state index contributed by atoms with van der Waals surface area (Å²) in [6.07, 6.45) is -0.484. The van der Waals surface area contributed by atoms with E-state index in [1.807, 2.05) is 0 Å². The summed E-state index contributed by atoms with van der Waals surface area (Å²) in [6.45, 7) is 1.76. The van der Waals surface area contributed by atoms with E-state index >= 15 is 0 Å². The summed E-state index contributed by atoms with van der Waals surface area (Å²) in [6, 6.07) is 5.81. The molecule has 0 fully saturated rings. The van der Waals surface area contributed by atoms with Gasteiger partial charge in [0.05, 0.1) is 0 Å². The average Bonchev–Trinajstić information content (AvgIpc) is 2.53. The largest absolute Gasteiger partial charge is 0.420 e. The molecule has 1 aromatic carbocycles. The van der Waals surface area contributed by atoms with Crippen LogP contribution in [0.2, 0.25) is 0 Å². The van der Waals surface area contributed by atoms with E-state index in [2.05, 4.69) is 4.74 Å². The van der Waals surface area contributed by atoms with Crippen LogP contribution in [0, 0.1) is 6.92 Å². The van der Waals surface area contributed by atoms with E-state index in [4.69, 9.17) is 0 Å². The molecule has 0 aliphatic rings. The third-order valence-corrected chi connectivity index (χ3v) is 2.37. The first kappa shape index (κ1) is 16.8. The molecule has 0 saturated carbocycles. The molecule has 0 radical (unpaired) electrons. The zero-order valence-electron chi connectivity index (χ0n) is 11.2. The van der Waals surface area contributed by atoms with Gasteiger partial charge in [-0.2, -0.15) is 0 Å². The van der Waals surface area contributed by atoms with E-state index < -0.39 is 41.2 Å². The zero-order chi connectivity index (χ0) is 16.9. The van der Waals surface area contributed by atoms with E-state index in [9.17, 15) is 33.6 Å². The smallest absolute Gasteiger partial charge is 0.388 e. The van der Waals surface area contributed by atoms with Crippen LogP contribution in [-0.4, -0.2) is 41.2 Å². The molecular formula is C14H8O8. The maximum absolute atomic E-state index is 11.4. The SMILES string of the molecule is Cc1ccc(OC(=O)C(=O)C(=O)C(=O)C(=O)C(=O)C=O)cc1. The minimum Gasteiger partial charge on any atom is -0.420 e. The van der Waals surface area contributed by atoms with Crippen molar-refractivity contribution >= 4 is 41.2 Å². The normalized spacial score (nSPS) is 9.50. The van der Waals surface area contributed by atoms with Gasteiger partial charge in [0.1, 0.15) is 5.75 Å². The maximum atomic E-state index is 11.4. The summed E-state index contributed by atoms with van der Waals surface area (Å²) in [5.74, 6) is -11.6. The van der Waals surface area contributed by atoms with Crippen molar-refractivity contribution in [2.24, 2.45) is 0 Å². The van der Waals surface area contributed by atoms with E-state index in [1.165, 1.54) is 12.1 Å². The molecule has 0 atom stereocenters. The van der Waals surface area contributed by atoms with Crippen molar-refractivity contribution in [1.82, 2.24) is 0 Å². The fraction of sp³-hybridized carbons (Fsp3) is 0.0714. The predicted octanol–water partition coefficient (Wildman–Crippen LogP) is -1.06. The summed E-state index contributed by atoms with van der Waals surface area (Å²) < 4.78 is 4.54. The molecule has 0 saturated heterocycles. The number of aryl methyl sites for hydroxylation is 1. The third-order valence-electron chi connectivity index (χ3n) is 2.37. The highest BCUT2D eigenvalue weighted by Crippen LogP contribution is 2.11. The highest BCUT2D eigenvalue weighted by Gasteiger charge is 2.37. The number of rotatable bonds is 7. The van der Waals surface area contributed by atoms with Crippen LogP contribution in [0.4, 0.5) is 0 Å². The molecule has 8 heteroatoms. The molecule has 22 heavy (non-hydrogen) atoms. The number of ketones is 5. The van der Waals surface area contributed by atoms with Gasteiger partial charge in [-0.3, -0.25) is 28.8 Å². The number of aldehydes is 1.